The van der Waals surface area contributed by atoms with Gasteiger partial charge in [0.1, 0.15) is 0 Å². The summed E-state index contributed by atoms with van der Waals surface area (Å²) in [6, 6.07) is -0.397. The topological polar surface area (TPSA) is 93.2 Å². The van der Waals surface area contributed by atoms with E-state index in [0.717, 1.165) is 38.6 Å². The van der Waals surface area contributed by atoms with Crippen molar-refractivity contribution in [1.82, 2.24) is 10.6 Å². The molecule has 0 radical (unpaired) electrons. The van der Waals surface area contributed by atoms with Crippen LogP contribution < -0.4 is 22.1 Å². The van der Waals surface area contributed by atoms with Crippen LogP contribution in [-0.2, 0) is 4.79 Å². The van der Waals surface area contributed by atoms with Gasteiger partial charge in [0.05, 0.1) is 6.04 Å². The van der Waals surface area contributed by atoms with E-state index in [0.29, 0.717) is 19.5 Å². The van der Waals surface area contributed by atoms with Crippen molar-refractivity contribution >= 4 is 5.91 Å². The highest BCUT2D eigenvalue weighted by molar-refractivity contribution is 5.81. The molecule has 0 spiro atoms. The van der Waals surface area contributed by atoms with Gasteiger partial charge in [-0.1, -0.05) is 20.3 Å². The minimum atomic E-state index is -0.397. The number of hydrogen-bond acceptors (Lipinski definition) is 4. The van der Waals surface area contributed by atoms with Gasteiger partial charge in [0, 0.05) is 12.1 Å². The number of nitrogens with two attached hydrogens (primary N) is 2. The molecule has 0 saturated carbocycles. The van der Waals surface area contributed by atoms with E-state index in [9.17, 15) is 4.79 Å². The third-order valence-electron chi connectivity index (χ3n) is 4.07. The fourth-order valence-corrected chi connectivity index (χ4v) is 1.96. The number of unbranched alkanes of at least 4 members (excludes halogenated alkanes) is 1. The molecule has 0 aliphatic rings. The molecule has 1 amide bonds. The van der Waals surface area contributed by atoms with Crippen molar-refractivity contribution in [2.24, 2.45) is 11.5 Å². The Morgan fingerprint density at radius 2 is 1.80 bits per heavy atom. The molecule has 0 aromatic rings. The molecule has 6 N–H and O–H groups in total. The lowest BCUT2D eigenvalue weighted by molar-refractivity contribution is -0.122. The minimum absolute atomic E-state index is 0.0456. The summed E-state index contributed by atoms with van der Waals surface area (Å²) in [6.45, 7) is 8.88. The molecule has 0 bridgehead atoms. The maximum atomic E-state index is 11.7. The van der Waals surface area contributed by atoms with Gasteiger partial charge in [0.25, 0.3) is 0 Å². The van der Waals surface area contributed by atoms with Crippen LogP contribution in [0.25, 0.3) is 0 Å². The Labute approximate surface area is 124 Å². The third kappa shape index (κ3) is 8.51. The average molecular weight is 286 g/mol. The summed E-state index contributed by atoms with van der Waals surface area (Å²) in [4.78, 5) is 11.7. The van der Waals surface area contributed by atoms with Crippen LogP contribution in [0, 0.1) is 0 Å². The van der Waals surface area contributed by atoms with Gasteiger partial charge in [-0.3, -0.25) is 4.79 Å². The second-order valence-corrected chi connectivity index (χ2v) is 5.73. The van der Waals surface area contributed by atoms with Crippen molar-refractivity contribution in [3.63, 3.8) is 0 Å². The predicted octanol–water partition coefficient (Wildman–Crippen LogP) is 1.12. The highest BCUT2D eigenvalue weighted by atomic mass is 16.2. The normalized spacial score (nSPS) is 13.2. The maximum absolute atomic E-state index is 11.7. The molecule has 120 valence electrons. The quantitative estimate of drug-likeness (QED) is 0.404. The molecule has 0 rings (SSSR count). The van der Waals surface area contributed by atoms with Gasteiger partial charge in [-0.2, -0.15) is 0 Å². The van der Waals surface area contributed by atoms with Crippen LogP contribution in [0.3, 0.4) is 0 Å². The molecule has 20 heavy (non-hydrogen) atoms. The standard InChI is InChI=1S/C15H34N4O/c1-4-15(3,5-2)19-12-8-11-18-14(20)13(17)9-6-7-10-16/h13,19H,4-12,16-17H2,1-3H3,(H,18,20). The Bertz CT molecular complexity index is 254. The first-order valence-corrected chi connectivity index (χ1v) is 7.97. The SMILES string of the molecule is CCC(C)(CC)NCCCNC(=O)C(N)CCCCN. The third-order valence-corrected chi connectivity index (χ3v) is 4.07. The Morgan fingerprint density at radius 1 is 1.15 bits per heavy atom. The summed E-state index contributed by atoms with van der Waals surface area (Å²) in [6.07, 6.45) is 5.71. The fourth-order valence-electron chi connectivity index (χ4n) is 1.96. The van der Waals surface area contributed by atoms with Crippen LogP contribution in [0.4, 0.5) is 0 Å². The molecular formula is C15H34N4O. The Balaban J connectivity index is 3.66. The number of nitrogens with one attached hydrogen (secondary N) is 2. The highest BCUT2D eigenvalue weighted by Crippen LogP contribution is 2.12. The monoisotopic (exact) mass is 286 g/mol. The highest BCUT2D eigenvalue weighted by Gasteiger charge is 2.17. The van der Waals surface area contributed by atoms with Crippen molar-refractivity contribution in [3.8, 4) is 0 Å². The number of amides is 1. The number of carbonyl (C=O) groups is 1. The van der Waals surface area contributed by atoms with E-state index in [1.807, 2.05) is 0 Å². The van der Waals surface area contributed by atoms with E-state index in [-0.39, 0.29) is 11.4 Å². The molecule has 0 aliphatic carbocycles. The number of rotatable bonds is 12. The van der Waals surface area contributed by atoms with Crippen LogP contribution in [0.15, 0.2) is 0 Å². The zero-order valence-corrected chi connectivity index (χ0v) is 13.5. The fraction of sp³-hybridized carbons (Fsp3) is 0.933. The first-order chi connectivity index (χ1) is 9.49. The van der Waals surface area contributed by atoms with E-state index < -0.39 is 6.04 Å². The van der Waals surface area contributed by atoms with Crippen molar-refractivity contribution in [1.29, 1.82) is 0 Å². The second kappa shape index (κ2) is 11.1. The lowest BCUT2D eigenvalue weighted by Crippen LogP contribution is -2.44. The van der Waals surface area contributed by atoms with E-state index in [4.69, 9.17) is 11.5 Å². The molecule has 5 heteroatoms. The molecule has 0 heterocycles. The summed E-state index contributed by atoms with van der Waals surface area (Å²) in [5.74, 6) is -0.0456. The Morgan fingerprint density at radius 3 is 2.35 bits per heavy atom. The molecule has 0 aromatic heterocycles. The van der Waals surface area contributed by atoms with Gasteiger partial charge in [0.15, 0.2) is 0 Å². The van der Waals surface area contributed by atoms with Crippen molar-refractivity contribution < 1.29 is 4.79 Å². The molecule has 0 saturated heterocycles. The number of carbonyl (C=O) groups excluding carboxylic acids is 1. The molecule has 0 fully saturated rings. The predicted molar refractivity (Wildman–Crippen MR) is 85.5 cm³/mol. The van der Waals surface area contributed by atoms with Crippen LogP contribution in [0.2, 0.25) is 0 Å². The average Bonchev–Trinajstić information content (AvgIpc) is 2.46. The first-order valence-electron chi connectivity index (χ1n) is 7.97. The second-order valence-electron chi connectivity index (χ2n) is 5.73. The zero-order chi connectivity index (χ0) is 15.4. The summed E-state index contributed by atoms with van der Waals surface area (Å²) in [7, 11) is 0. The van der Waals surface area contributed by atoms with Gasteiger partial charge >= 0.3 is 0 Å². The smallest absolute Gasteiger partial charge is 0.236 e. The minimum Gasteiger partial charge on any atom is -0.355 e. The maximum Gasteiger partial charge on any atom is 0.236 e. The summed E-state index contributed by atoms with van der Waals surface area (Å²) in [5, 5.41) is 6.44. The van der Waals surface area contributed by atoms with Crippen molar-refractivity contribution in [3.05, 3.63) is 0 Å². The lowest BCUT2D eigenvalue weighted by atomic mass is 9.95. The Kier molecular flexibility index (Phi) is 10.7. The molecular weight excluding hydrogens is 252 g/mol. The molecule has 1 atom stereocenters. The molecule has 5 nitrogen and oxygen atoms in total. The van der Waals surface area contributed by atoms with Gasteiger partial charge in [-0.25, -0.2) is 0 Å². The largest absolute Gasteiger partial charge is 0.355 e. The van der Waals surface area contributed by atoms with Gasteiger partial charge in [0.2, 0.25) is 5.91 Å². The lowest BCUT2D eigenvalue weighted by Gasteiger charge is -2.28. The summed E-state index contributed by atoms with van der Waals surface area (Å²) < 4.78 is 0. The number of hydrogen-bond donors (Lipinski definition) is 4. The van der Waals surface area contributed by atoms with Crippen LogP contribution in [0.5, 0.6) is 0 Å². The van der Waals surface area contributed by atoms with E-state index >= 15 is 0 Å². The van der Waals surface area contributed by atoms with Gasteiger partial charge in [-0.15, -0.1) is 0 Å². The molecule has 0 aliphatic heterocycles. The van der Waals surface area contributed by atoms with Crippen LogP contribution >= 0.6 is 0 Å². The van der Waals surface area contributed by atoms with Crippen molar-refractivity contribution in [2.75, 3.05) is 19.6 Å². The van der Waals surface area contributed by atoms with E-state index in [1.165, 1.54) is 0 Å². The first kappa shape index (κ1) is 19.4. The van der Waals surface area contributed by atoms with Crippen LogP contribution in [0.1, 0.15) is 59.3 Å². The van der Waals surface area contributed by atoms with Crippen molar-refractivity contribution in [2.45, 2.75) is 70.9 Å². The zero-order valence-electron chi connectivity index (χ0n) is 13.5. The Hall–Kier alpha value is -0.650. The van der Waals surface area contributed by atoms with E-state index in [2.05, 4.69) is 31.4 Å². The van der Waals surface area contributed by atoms with Gasteiger partial charge < -0.3 is 22.1 Å². The summed E-state index contributed by atoms with van der Waals surface area (Å²) >= 11 is 0. The van der Waals surface area contributed by atoms with Crippen LogP contribution in [-0.4, -0.2) is 37.1 Å². The van der Waals surface area contributed by atoms with Gasteiger partial charge in [-0.05, 0) is 52.1 Å². The summed E-state index contributed by atoms with van der Waals surface area (Å²) in [5.41, 5.74) is 11.4. The van der Waals surface area contributed by atoms with E-state index in [1.54, 1.807) is 0 Å². The molecule has 1 unspecified atom stereocenters. The molecule has 0 aromatic carbocycles.